The molecule has 0 aliphatic carbocycles. The van der Waals surface area contributed by atoms with E-state index in [4.69, 9.17) is 14.2 Å². The van der Waals surface area contributed by atoms with E-state index in [1.54, 1.807) is 21.1 Å². The van der Waals surface area contributed by atoms with E-state index in [1.165, 1.54) is 116 Å². The van der Waals surface area contributed by atoms with Crippen LogP contribution >= 0.6 is 0 Å². The lowest BCUT2D eigenvalue weighted by Gasteiger charge is -2.34. The minimum Gasteiger partial charge on any atom is -0.544 e. The average Bonchev–Trinajstić information content (AvgIpc) is 3.14. The Balaban J connectivity index is 4.40. The fraction of sp³-hybridized carbons (Fsp3) is 0.809. The molecular formula is C47H85NO7. The second-order valence-electron chi connectivity index (χ2n) is 16.3. The molecule has 320 valence electrons. The second-order valence-corrected chi connectivity index (χ2v) is 16.3. The number of hydrogen-bond donors (Lipinski definition) is 0. The summed E-state index contributed by atoms with van der Waals surface area (Å²) in [5.41, 5.74) is 0. The summed E-state index contributed by atoms with van der Waals surface area (Å²) in [6.45, 7) is 4.61. The first kappa shape index (κ1) is 52.6. The van der Waals surface area contributed by atoms with Gasteiger partial charge in [0.15, 0.2) is 6.10 Å². The lowest BCUT2D eigenvalue weighted by Crippen LogP contribution is -2.55. The predicted molar refractivity (Wildman–Crippen MR) is 227 cm³/mol. The van der Waals surface area contributed by atoms with Gasteiger partial charge in [-0.05, 0) is 44.9 Å². The number of carboxylic acid groups (broad SMARTS) is 1. The third-order valence-electron chi connectivity index (χ3n) is 10.0. The van der Waals surface area contributed by atoms with Crippen molar-refractivity contribution in [3.05, 3.63) is 36.5 Å². The molecule has 0 aliphatic rings. The molecule has 0 heterocycles. The van der Waals surface area contributed by atoms with Crippen molar-refractivity contribution in [2.45, 2.75) is 206 Å². The number of rotatable bonds is 40. The van der Waals surface area contributed by atoms with Gasteiger partial charge in [0, 0.05) is 19.3 Å². The van der Waals surface area contributed by atoms with Crippen LogP contribution in [0, 0.1) is 0 Å². The zero-order valence-electron chi connectivity index (χ0n) is 36.3. The van der Waals surface area contributed by atoms with E-state index in [0.29, 0.717) is 12.8 Å². The topological polar surface area (TPSA) is 102 Å². The lowest BCUT2D eigenvalue weighted by atomic mass is 10.0. The van der Waals surface area contributed by atoms with Gasteiger partial charge in [-0.15, -0.1) is 0 Å². The van der Waals surface area contributed by atoms with Crippen LogP contribution in [0.1, 0.15) is 194 Å². The Labute approximate surface area is 338 Å². The highest BCUT2D eigenvalue weighted by Crippen LogP contribution is 2.15. The van der Waals surface area contributed by atoms with Crippen LogP contribution < -0.4 is 5.11 Å². The predicted octanol–water partition coefficient (Wildman–Crippen LogP) is 10.9. The fourth-order valence-electron chi connectivity index (χ4n) is 6.50. The van der Waals surface area contributed by atoms with Crippen molar-refractivity contribution in [2.75, 3.05) is 41.0 Å². The average molecular weight is 776 g/mol. The van der Waals surface area contributed by atoms with Gasteiger partial charge in [0.25, 0.3) is 0 Å². The maximum atomic E-state index is 12.7. The zero-order valence-corrected chi connectivity index (χ0v) is 36.3. The molecule has 8 heteroatoms. The highest BCUT2D eigenvalue weighted by Gasteiger charge is 2.25. The molecule has 0 saturated carbocycles. The summed E-state index contributed by atoms with van der Waals surface area (Å²) in [7, 11) is 5.39. The van der Waals surface area contributed by atoms with E-state index in [0.717, 1.165) is 38.5 Å². The number of unbranched alkanes of at least 4 members (excludes halogenated alkanes) is 20. The van der Waals surface area contributed by atoms with Crippen LogP contribution in [0.25, 0.3) is 0 Å². The number of carbonyl (C=O) groups excluding carboxylic acids is 3. The number of allylic oxidation sites excluding steroid dienone is 6. The third kappa shape index (κ3) is 36.9. The number of esters is 2. The summed E-state index contributed by atoms with van der Waals surface area (Å²) in [5.74, 6) is -1.80. The highest BCUT2D eigenvalue weighted by molar-refractivity contribution is 5.70. The first-order chi connectivity index (χ1) is 26.6. The van der Waals surface area contributed by atoms with Crippen molar-refractivity contribution in [1.82, 2.24) is 0 Å². The van der Waals surface area contributed by atoms with Gasteiger partial charge in [0.05, 0.1) is 40.3 Å². The Morgan fingerprint density at radius 3 is 1.47 bits per heavy atom. The summed E-state index contributed by atoms with van der Waals surface area (Å²) in [6.07, 6.45) is 43.1. The molecule has 0 aromatic heterocycles. The van der Waals surface area contributed by atoms with Crippen molar-refractivity contribution in [3.63, 3.8) is 0 Å². The Hall–Kier alpha value is -2.45. The van der Waals surface area contributed by atoms with Gasteiger partial charge in [-0.1, -0.05) is 166 Å². The molecule has 0 radical (unpaired) electrons. The molecule has 0 rings (SSSR count). The van der Waals surface area contributed by atoms with Gasteiger partial charge >= 0.3 is 11.9 Å². The molecule has 0 N–H and O–H groups in total. The van der Waals surface area contributed by atoms with Crippen molar-refractivity contribution >= 4 is 17.9 Å². The van der Waals surface area contributed by atoms with Crippen molar-refractivity contribution in [1.29, 1.82) is 0 Å². The standard InChI is InChI=1S/C47H85NO7/c1-6-8-10-12-14-16-18-20-22-23-24-26-27-29-31-33-35-37-45(49)54-42-43(41-53-40-39-44(47(51)52)48(3,4)5)55-46(50)38-36-34-32-30-28-25-21-19-17-15-13-11-9-7-2/h20,22,24,26,29,31,43-44H,6-19,21,23,25,27-28,30,32-42H2,1-5H3/b22-20+,26-24+,31-29+. The molecule has 0 spiro atoms. The molecule has 0 aromatic rings. The van der Waals surface area contributed by atoms with Crippen LogP contribution in [0.4, 0.5) is 0 Å². The number of carbonyl (C=O) groups is 3. The molecule has 0 saturated heterocycles. The van der Waals surface area contributed by atoms with Gasteiger partial charge in [-0.2, -0.15) is 0 Å². The molecule has 8 nitrogen and oxygen atoms in total. The number of carboxylic acids is 1. The van der Waals surface area contributed by atoms with Crippen LogP contribution in [-0.2, 0) is 28.6 Å². The van der Waals surface area contributed by atoms with Crippen LogP contribution in [-0.4, -0.2) is 75.5 Å². The van der Waals surface area contributed by atoms with E-state index in [-0.39, 0.29) is 49.1 Å². The smallest absolute Gasteiger partial charge is 0.306 e. The molecule has 55 heavy (non-hydrogen) atoms. The van der Waals surface area contributed by atoms with E-state index in [2.05, 4.69) is 50.3 Å². The summed E-state index contributed by atoms with van der Waals surface area (Å²) < 4.78 is 17.1. The van der Waals surface area contributed by atoms with E-state index < -0.39 is 18.1 Å². The molecule has 0 aliphatic heterocycles. The van der Waals surface area contributed by atoms with Gasteiger partial charge in [0.1, 0.15) is 12.6 Å². The van der Waals surface area contributed by atoms with Crippen molar-refractivity contribution in [2.24, 2.45) is 0 Å². The SMILES string of the molecule is CCCCCCCC/C=C/C/C=C/C/C=C/CCCC(=O)OCC(COCCC(C(=O)[O-])[N+](C)(C)C)OC(=O)CCCCCCCCCCCCCCCC. The number of quaternary nitrogens is 1. The van der Waals surface area contributed by atoms with E-state index in [1.807, 2.05) is 0 Å². The largest absolute Gasteiger partial charge is 0.544 e. The normalized spacial score (nSPS) is 13.3. The molecule has 0 bridgehead atoms. The van der Waals surface area contributed by atoms with E-state index in [9.17, 15) is 19.5 Å². The molecule has 0 amide bonds. The zero-order chi connectivity index (χ0) is 40.7. The monoisotopic (exact) mass is 776 g/mol. The Bertz CT molecular complexity index is 1000. The lowest BCUT2D eigenvalue weighted by molar-refractivity contribution is -0.889. The Morgan fingerprint density at radius 1 is 0.545 bits per heavy atom. The Kier molecular flexibility index (Phi) is 36.7. The molecule has 0 aromatic carbocycles. The summed E-state index contributed by atoms with van der Waals surface area (Å²) in [4.78, 5) is 36.8. The molecule has 2 unspecified atom stereocenters. The summed E-state index contributed by atoms with van der Waals surface area (Å²) in [5, 5.41) is 11.6. The number of hydrogen-bond acceptors (Lipinski definition) is 7. The van der Waals surface area contributed by atoms with Crippen molar-refractivity contribution in [3.8, 4) is 0 Å². The quantitative estimate of drug-likeness (QED) is 0.0264. The maximum absolute atomic E-state index is 12.7. The minimum absolute atomic E-state index is 0.0276. The van der Waals surface area contributed by atoms with Crippen molar-refractivity contribution < 1.29 is 38.2 Å². The number of likely N-dealkylation sites (N-methyl/N-ethyl adjacent to an activating group) is 1. The first-order valence-electron chi connectivity index (χ1n) is 22.5. The number of aliphatic carboxylic acids is 1. The fourth-order valence-corrected chi connectivity index (χ4v) is 6.50. The van der Waals surface area contributed by atoms with Crippen LogP contribution in [0.3, 0.4) is 0 Å². The van der Waals surface area contributed by atoms with Crippen LogP contribution in [0.5, 0.6) is 0 Å². The van der Waals surface area contributed by atoms with Crippen LogP contribution in [0.15, 0.2) is 36.5 Å². The highest BCUT2D eigenvalue weighted by atomic mass is 16.6. The van der Waals surface area contributed by atoms with E-state index >= 15 is 0 Å². The summed E-state index contributed by atoms with van der Waals surface area (Å²) >= 11 is 0. The minimum atomic E-state index is -1.13. The van der Waals surface area contributed by atoms with Gasteiger partial charge in [-0.3, -0.25) is 9.59 Å². The first-order valence-corrected chi connectivity index (χ1v) is 22.5. The van der Waals surface area contributed by atoms with Gasteiger partial charge < -0.3 is 28.6 Å². The van der Waals surface area contributed by atoms with Crippen LogP contribution in [0.2, 0.25) is 0 Å². The van der Waals surface area contributed by atoms with Gasteiger partial charge in [-0.25, -0.2) is 0 Å². The Morgan fingerprint density at radius 2 is 0.982 bits per heavy atom. The second kappa shape index (κ2) is 38.4. The maximum Gasteiger partial charge on any atom is 0.306 e. The third-order valence-corrected chi connectivity index (χ3v) is 10.0. The summed E-state index contributed by atoms with van der Waals surface area (Å²) in [6, 6.07) is -0.731. The van der Waals surface area contributed by atoms with Gasteiger partial charge in [0.2, 0.25) is 0 Å². The molecule has 0 fully saturated rings. The molecule has 2 atom stereocenters. The number of nitrogens with zero attached hydrogens (tertiary/aromatic N) is 1. The number of ether oxygens (including phenoxy) is 3. The molecular weight excluding hydrogens is 691 g/mol.